The molecule has 0 aliphatic heterocycles. The third-order valence-electron chi connectivity index (χ3n) is 7.94. The molecule has 3 saturated carbocycles. The first-order chi connectivity index (χ1) is 11.8. The number of ether oxygens (including phenoxy) is 1. The van der Waals surface area contributed by atoms with Gasteiger partial charge in [0.25, 0.3) is 0 Å². The predicted molar refractivity (Wildman–Crippen MR) is 92.7 cm³/mol. The van der Waals surface area contributed by atoms with Gasteiger partial charge in [-0.15, -0.1) is 0 Å². The molecule has 0 heterocycles. The molecule has 6 atom stereocenters. The summed E-state index contributed by atoms with van der Waals surface area (Å²) in [4.78, 5) is 36.8. The van der Waals surface area contributed by atoms with E-state index in [9.17, 15) is 14.4 Å². The third kappa shape index (κ3) is 2.36. The fraction of sp³-hybridized carbons (Fsp3) is 0.762. The zero-order valence-electron chi connectivity index (χ0n) is 15.5. The number of rotatable bonds is 1. The number of hydrogen-bond acceptors (Lipinski definition) is 4. The van der Waals surface area contributed by atoms with E-state index in [1.165, 1.54) is 12.5 Å². The van der Waals surface area contributed by atoms with E-state index in [1.807, 2.05) is 6.08 Å². The number of carbonyl (C=O) groups excluding carboxylic acids is 3. The largest absolute Gasteiger partial charge is 0.462 e. The van der Waals surface area contributed by atoms with Crippen LogP contribution in [0.3, 0.4) is 0 Å². The van der Waals surface area contributed by atoms with Crippen LogP contribution in [0.2, 0.25) is 0 Å². The predicted octanol–water partition coefficient (Wildman–Crippen LogP) is 3.63. The van der Waals surface area contributed by atoms with Crippen LogP contribution in [0, 0.1) is 28.6 Å². The van der Waals surface area contributed by atoms with Crippen molar-refractivity contribution in [1.82, 2.24) is 0 Å². The second-order valence-corrected chi connectivity index (χ2v) is 9.12. The first kappa shape index (κ1) is 17.0. The molecule has 0 aromatic heterocycles. The lowest BCUT2D eigenvalue weighted by atomic mass is 9.48. The number of carbonyl (C=O) groups is 3. The van der Waals surface area contributed by atoms with Crippen LogP contribution >= 0.6 is 0 Å². The smallest absolute Gasteiger partial charge is 0.302 e. The van der Waals surface area contributed by atoms with Crippen molar-refractivity contribution >= 4 is 17.5 Å². The lowest BCUT2D eigenvalue weighted by Gasteiger charge is -2.55. The molecular weight excluding hydrogens is 316 g/mol. The minimum Gasteiger partial charge on any atom is -0.462 e. The molecule has 0 radical (unpaired) electrons. The van der Waals surface area contributed by atoms with Gasteiger partial charge in [0.15, 0.2) is 5.78 Å². The Labute approximate surface area is 149 Å². The van der Waals surface area contributed by atoms with E-state index in [0.717, 1.165) is 32.1 Å². The van der Waals surface area contributed by atoms with Crippen LogP contribution in [0.4, 0.5) is 0 Å². The first-order valence-electron chi connectivity index (χ1n) is 9.71. The van der Waals surface area contributed by atoms with E-state index >= 15 is 0 Å². The molecule has 0 amide bonds. The zero-order valence-corrected chi connectivity index (χ0v) is 15.5. The van der Waals surface area contributed by atoms with Gasteiger partial charge < -0.3 is 4.74 Å². The Bertz CT molecular complexity index is 677. The minimum absolute atomic E-state index is 0.00391. The van der Waals surface area contributed by atoms with Gasteiger partial charge in [0.05, 0.1) is 0 Å². The van der Waals surface area contributed by atoms with Crippen LogP contribution in [-0.4, -0.2) is 23.6 Å². The first-order valence-corrected chi connectivity index (χ1v) is 9.71. The summed E-state index contributed by atoms with van der Waals surface area (Å²) in [6, 6.07) is 0. The Hall–Kier alpha value is -1.45. The highest BCUT2D eigenvalue weighted by molar-refractivity contribution is 5.96. The Kier molecular flexibility index (Phi) is 3.75. The summed E-state index contributed by atoms with van der Waals surface area (Å²) in [5.74, 6) is 0.888. The molecule has 4 nitrogen and oxygen atoms in total. The van der Waals surface area contributed by atoms with Gasteiger partial charge in [0.2, 0.25) is 0 Å². The van der Waals surface area contributed by atoms with Gasteiger partial charge in [0.1, 0.15) is 11.9 Å². The molecule has 4 rings (SSSR count). The standard InChI is InChI=1S/C21H28O4/c1-12(22)25-14-6-8-20(2)13(10-14)11-17(23)19-15-4-5-18(24)21(15,3)9-7-16(19)20/h11,14-16,19H,4-10H2,1-3H3/t14-,15-,16+,19+,20+,21+/m0/s1. The number of fused-ring (bicyclic) bond motifs is 5. The van der Waals surface area contributed by atoms with E-state index in [0.29, 0.717) is 24.5 Å². The van der Waals surface area contributed by atoms with E-state index < -0.39 is 0 Å². The van der Waals surface area contributed by atoms with Crippen molar-refractivity contribution in [1.29, 1.82) is 0 Å². The quantitative estimate of drug-likeness (QED) is 0.682. The molecule has 25 heavy (non-hydrogen) atoms. The van der Waals surface area contributed by atoms with Crippen molar-refractivity contribution < 1.29 is 19.1 Å². The number of hydrogen-bond donors (Lipinski definition) is 0. The van der Waals surface area contributed by atoms with Gasteiger partial charge in [-0.1, -0.05) is 19.4 Å². The molecule has 0 bridgehead atoms. The van der Waals surface area contributed by atoms with Crippen molar-refractivity contribution in [3.05, 3.63) is 11.6 Å². The van der Waals surface area contributed by atoms with Gasteiger partial charge in [-0.2, -0.15) is 0 Å². The normalized spacial score (nSPS) is 46.0. The Balaban J connectivity index is 1.67. The van der Waals surface area contributed by atoms with Gasteiger partial charge in [-0.3, -0.25) is 14.4 Å². The monoisotopic (exact) mass is 344 g/mol. The number of Topliss-reactive ketones (excluding diaryl/α,β-unsaturated/α-hetero) is 1. The summed E-state index contributed by atoms with van der Waals surface area (Å²) in [5.41, 5.74) is 0.902. The van der Waals surface area contributed by atoms with Crippen molar-refractivity contribution in [2.24, 2.45) is 28.6 Å². The minimum atomic E-state index is -0.284. The van der Waals surface area contributed by atoms with Crippen molar-refractivity contribution in [2.75, 3.05) is 0 Å². The van der Waals surface area contributed by atoms with Gasteiger partial charge in [-0.25, -0.2) is 0 Å². The SMILES string of the molecule is CC(=O)O[C@H]1CC[C@]2(C)C(=CC(=O)[C@H]3[C@H]2CC[C@@]2(C)C(=O)CC[C@@H]32)C1. The maximum Gasteiger partial charge on any atom is 0.302 e. The van der Waals surface area contributed by atoms with Crippen LogP contribution in [0.15, 0.2) is 11.6 Å². The lowest BCUT2D eigenvalue weighted by Crippen LogP contribution is -2.53. The number of allylic oxidation sites excluding steroid dienone is 1. The van der Waals surface area contributed by atoms with Crippen LogP contribution in [-0.2, 0) is 19.1 Å². The van der Waals surface area contributed by atoms with E-state index in [-0.39, 0.29) is 40.5 Å². The Morgan fingerprint density at radius 2 is 1.76 bits per heavy atom. The Morgan fingerprint density at radius 1 is 1.08 bits per heavy atom. The molecule has 0 aromatic rings. The van der Waals surface area contributed by atoms with Crippen LogP contribution in [0.25, 0.3) is 0 Å². The van der Waals surface area contributed by atoms with E-state index in [1.54, 1.807) is 0 Å². The van der Waals surface area contributed by atoms with Crippen molar-refractivity contribution in [3.8, 4) is 0 Å². The van der Waals surface area contributed by atoms with E-state index in [4.69, 9.17) is 4.74 Å². The average molecular weight is 344 g/mol. The highest BCUT2D eigenvalue weighted by atomic mass is 16.5. The Morgan fingerprint density at radius 3 is 2.48 bits per heavy atom. The molecule has 0 spiro atoms. The summed E-state index contributed by atoms with van der Waals surface area (Å²) in [6.45, 7) is 5.84. The second-order valence-electron chi connectivity index (χ2n) is 9.12. The van der Waals surface area contributed by atoms with Crippen LogP contribution < -0.4 is 0 Å². The molecule has 0 unspecified atom stereocenters. The fourth-order valence-electron chi connectivity index (χ4n) is 6.48. The highest BCUT2D eigenvalue weighted by Crippen LogP contribution is 2.63. The van der Waals surface area contributed by atoms with Gasteiger partial charge in [-0.05, 0) is 55.4 Å². The molecule has 3 fully saturated rings. The molecule has 4 heteroatoms. The molecule has 136 valence electrons. The third-order valence-corrected chi connectivity index (χ3v) is 7.94. The van der Waals surface area contributed by atoms with Gasteiger partial charge >= 0.3 is 5.97 Å². The molecule has 0 N–H and O–H groups in total. The van der Waals surface area contributed by atoms with Crippen LogP contribution in [0.1, 0.15) is 65.7 Å². The van der Waals surface area contributed by atoms with E-state index in [2.05, 4.69) is 13.8 Å². The molecule has 0 saturated heterocycles. The molecule has 0 aromatic carbocycles. The summed E-state index contributed by atoms with van der Waals surface area (Å²) >= 11 is 0. The zero-order chi connectivity index (χ0) is 18.0. The average Bonchev–Trinajstić information content (AvgIpc) is 2.84. The molecule has 4 aliphatic carbocycles. The fourth-order valence-corrected chi connectivity index (χ4v) is 6.48. The summed E-state index contributed by atoms with van der Waals surface area (Å²) in [6.07, 6.45) is 7.66. The summed E-state index contributed by atoms with van der Waals surface area (Å²) in [5, 5.41) is 0. The molecule has 4 aliphatic rings. The number of esters is 1. The summed E-state index contributed by atoms with van der Waals surface area (Å²) in [7, 11) is 0. The number of ketones is 2. The van der Waals surface area contributed by atoms with Gasteiger partial charge in [0, 0.05) is 31.1 Å². The maximum atomic E-state index is 13.1. The summed E-state index contributed by atoms with van der Waals surface area (Å²) < 4.78 is 5.42. The van der Waals surface area contributed by atoms with Crippen LogP contribution in [0.5, 0.6) is 0 Å². The van der Waals surface area contributed by atoms with Crippen molar-refractivity contribution in [3.63, 3.8) is 0 Å². The molecular formula is C21H28O4. The second kappa shape index (κ2) is 5.52. The maximum absolute atomic E-state index is 13.1. The van der Waals surface area contributed by atoms with Crippen molar-refractivity contribution in [2.45, 2.75) is 71.8 Å². The lowest BCUT2D eigenvalue weighted by molar-refractivity contribution is -0.149. The topological polar surface area (TPSA) is 60.4 Å². The highest BCUT2D eigenvalue weighted by Gasteiger charge is 2.61.